The number of carbonyl (C=O) groups is 1. The van der Waals surface area contributed by atoms with E-state index in [4.69, 9.17) is 10.5 Å². The van der Waals surface area contributed by atoms with Crippen molar-refractivity contribution in [1.82, 2.24) is 0 Å². The van der Waals surface area contributed by atoms with E-state index in [0.717, 1.165) is 12.1 Å². The molecule has 0 spiro atoms. The Hall–Kier alpha value is -2.63. The van der Waals surface area contributed by atoms with Gasteiger partial charge in [-0.3, -0.25) is 4.79 Å². The van der Waals surface area contributed by atoms with Gasteiger partial charge in [0.1, 0.15) is 17.4 Å². The van der Waals surface area contributed by atoms with Crippen molar-refractivity contribution in [3.63, 3.8) is 0 Å². The Bertz CT molecular complexity index is 660. The molecule has 0 unspecified atom stereocenters. The number of ether oxygens (including phenoxy) is 1. The number of nitrogens with one attached hydrogen (secondary N) is 1. The number of hydrogen-bond acceptors (Lipinski definition) is 3. The molecule has 3 N–H and O–H groups in total. The van der Waals surface area contributed by atoms with Crippen LogP contribution in [0.4, 0.5) is 20.2 Å². The third-order valence-corrected chi connectivity index (χ3v) is 2.71. The lowest BCUT2D eigenvalue weighted by Gasteiger charge is -2.11. The summed E-state index contributed by atoms with van der Waals surface area (Å²) in [7, 11) is 1.35. The monoisotopic (exact) mass is 278 g/mol. The van der Waals surface area contributed by atoms with Gasteiger partial charge >= 0.3 is 0 Å². The lowest BCUT2D eigenvalue weighted by atomic mass is 10.1. The molecule has 1 amide bonds. The number of nitrogens with two attached hydrogens (primary N) is 1. The summed E-state index contributed by atoms with van der Waals surface area (Å²) in [5.74, 6) is -1.62. The first-order valence-electron chi connectivity index (χ1n) is 5.72. The van der Waals surface area contributed by atoms with Gasteiger partial charge in [0.2, 0.25) is 0 Å². The highest BCUT2D eigenvalue weighted by Gasteiger charge is 2.14. The van der Waals surface area contributed by atoms with Gasteiger partial charge in [-0.25, -0.2) is 8.78 Å². The molecule has 6 heteroatoms. The van der Waals surface area contributed by atoms with Crippen LogP contribution in [0.3, 0.4) is 0 Å². The third-order valence-electron chi connectivity index (χ3n) is 2.71. The van der Waals surface area contributed by atoms with Crippen LogP contribution in [0.2, 0.25) is 0 Å². The van der Waals surface area contributed by atoms with Crippen molar-refractivity contribution in [2.24, 2.45) is 0 Å². The summed E-state index contributed by atoms with van der Waals surface area (Å²) in [6, 6.07) is 7.58. The number of hydrogen-bond donors (Lipinski definition) is 2. The van der Waals surface area contributed by atoms with Crippen LogP contribution in [-0.2, 0) is 0 Å². The summed E-state index contributed by atoms with van der Waals surface area (Å²) in [5.41, 5.74) is 5.52. The Kier molecular flexibility index (Phi) is 3.84. The van der Waals surface area contributed by atoms with Gasteiger partial charge in [-0.2, -0.15) is 0 Å². The van der Waals surface area contributed by atoms with Gasteiger partial charge in [0, 0.05) is 6.07 Å². The Morgan fingerprint density at radius 3 is 2.70 bits per heavy atom. The van der Waals surface area contributed by atoms with Crippen LogP contribution in [0.1, 0.15) is 10.4 Å². The normalized spacial score (nSPS) is 10.2. The minimum absolute atomic E-state index is 0.00335. The average molecular weight is 278 g/mol. The first-order valence-corrected chi connectivity index (χ1v) is 5.72. The van der Waals surface area contributed by atoms with Crippen LogP contribution < -0.4 is 15.8 Å². The van der Waals surface area contributed by atoms with Gasteiger partial charge in [0.25, 0.3) is 5.91 Å². The number of amides is 1. The second kappa shape index (κ2) is 5.56. The topological polar surface area (TPSA) is 64.3 Å². The molecule has 0 saturated heterocycles. The standard InChI is InChI=1S/C14H12F2N2O2/c1-20-12-7-8(15)5-6-11(12)18-14(19)9-3-2-4-10(16)13(9)17/h2-7H,17H2,1H3,(H,18,19). The molecule has 0 saturated carbocycles. The first kappa shape index (κ1) is 13.8. The lowest BCUT2D eigenvalue weighted by Crippen LogP contribution is -2.15. The lowest BCUT2D eigenvalue weighted by molar-refractivity contribution is 0.102. The molecule has 2 aromatic carbocycles. The van der Waals surface area contributed by atoms with E-state index in [9.17, 15) is 13.6 Å². The van der Waals surface area contributed by atoms with E-state index < -0.39 is 17.5 Å². The molecule has 0 heterocycles. The fourth-order valence-corrected chi connectivity index (χ4v) is 1.69. The van der Waals surface area contributed by atoms with Crippen molar-refractivity contribution in [2.45, 2.75) is 0 Å². The molecule has 0 fully saturated rings. The van der Waals surface area contributed by atoms with Gasteiger partial charge in [-0.05, 0) is 24.3 Å². The zero-order chi connectivity index (χ0) is 14.7. The Balaban J connectivity index is 2.30. The van der Waals surface area contributed by atoms with Crippen molar-refractivity contribution in [3.8, 4) is 5.75 Å². The van der Waals surface area contributed by atoms with Crippen molar-refractivity contribution in [3.05, 3.63) is 53.6 Å². The molecule has 0 bridgehead atoms. The largest absolute Gasteiger partial charge is 0.494 e. The fourth-order valence-electron chi connectivity index (χ4n) is 1.69. The van der Waals surface area contributed by atoms with Crippen LogP contribution in [0.15, 0.2) is 36.4 Å². The van der Waals surface area contributed by atoms with E-state index in [-0.39, 0.29) is 22.7 Å². The summed E-state index contributed by atoms with van der Waals surface area (Å²) in [6.45, 7) is 0. The summed E-state index contributed by atoms with van der Waals surface area (Å²) >= 11 is 0. The van der Waals surface area contributed by atoms with Crippen LogP contribution >= 0.6 is 0 Å². The van der Waals surface area contributed by atoms with Crippen molar-refractivity contribution >= 4 is 17.3 Å². The van der Waals surface area contributed by atoms with Crippen molar-refractivity contribution in [1.29, 1.82) is 0 Å². The Labute approximate surface area is 114 Å². The molecular weight excluding hydrogens is 266 g/mol. The van der Waals surface area contributed by atoms with E-state index in [0.29, 0.717) is 0 Å². The summed E-state index contributed by atoms with van der Waals surface area (Å²) < 4.78 is 31.3. The molecule has 0 atom stereocenters. The number of anilines is 2. The van der Waals surface area contributed by atoms with Crippen molar-refractivity contribution in [2.75, 3.05) is 18.2 Å². The number of benzene rings is 2. The number of methoxy groups -OCH3 is 1. The molecular formula is C14H12F2N2O2. The number of carbonyl (C=O) groups excluding carboxylic acids is 1. The average Bonchev–Trinajstić information content (AvgIpc) is 2.43. The van der Waals surface area contributed by atoms with E-state index >= 15 is 0 Å². The zero-order valence-corrected chi connectivity index (χ0v) is 10.6. The molecule has 4 nitrogen and oxygen atoms in total. The minimum atomic E-state index is -0.677. The number of halogens is 2. The van der Waals surface area contributed by atoms with Gasteiger partial charge in [0.05, 0.1) is 24.0 Å². The molecule has 0 aromatic heterocycles. The summed E-state index contributed by atoms with van der Waals surface area (Å²) in [5, 5.41) is 2.50. The number of nitrogen functional groups attached to an aromatic ring is 1. The first-order chi connectivity index (χ1) is 9.52. The number of para-hydroxylation sites is 1. The summed E-state index contributed by atoms with van der Waals surface area (Å²) in [4.78, 5) is 12.0. The molecule has 0 radical (unpaired) electrons. The SMILES string of the molecule is COc1cc(F)ccc1NC(=O)c1cccc(F)c1N. The van der Waals surface area contributed by atoms with Crippen LogP contribution in [0.5, 0.6) is 5.75 Å². The highest BCUT2D eigenvalue weighted by atomic mass is 19.1. The molecule has 20 heavy (non-hydrogen) atoms. The Morgan fingerprint density at radius 1 is 1.25 bits per heavy atom. The Morgan fingerprint density at radius 2 is 2.00 bits per heavy atom. The van der Waals surface area contributed by atoms with Gasteiger partial charge in [0.15, 0.2) is 0 Å². The van der Waals surface area contributed by atoms with E-state index in [1.54, 1.807) is 0 Å². The van der Waals surface area contributed by atoms with Crippen LogP contribution in [-0.4, -0.2) is 13.0 Å². The predicted octanol–water partition coefficient (Wildman–Crippen LogP) is 2.81. The smallest absolute Gasteiger partial charge is 0.257 e. The highest BCUT2D eigenvalue weighted by Crippen LogP contribution is 2.26. The second-order valence-electron chi connectivity index (χ2n) is 4.00. The predicted molar refractivity (Wildman–Crippen MR) is 71.7 cm³/mol. The quantitative estimate of drug-likeness (QED) is 0.848. The third kappa shape index (κ3) is 2.69. The van der Waals surface area contributed by atoms with E-state index in [1.807, 2.05) is 0 Å². The molecule has 0 aliphatic carbocycles. The summed E-state index contributed by atoms with van der Waals surface area (Å²) in [6.07, 6.45) is 0. The van der Waals surface area contributed by atoms with Crippen molar-refractivity contribution < 1.29 is 18.3 Å². The van der Waals surface area contributed by atoms with Gasteiger partial charge < -0.3 is 15.8 Å². The van der Waals surface area contributed by atoms with Crippen LogP contribution in [0, 0.1) is 11.6 Å². The molecule has 2 aromatic rings. The molecule has 0 aliphatic rings. The maximum atomic E-state index is 13.3. The zero-order valence-electron chi connectivity index (χ0n) is 10.6. The fraction of sp³-hybridized carbons (Fsp3) is 0.0714. The maximum Gasteiger partial charge on any atom is 0.257 e. The van der Waals surface area contributed by atoms with Gasteiger partial charge in [-0.1, -0.05) is 6.07 Å². The minimum Gasteiger partial charge on any atom is -0.494 e. The molecule has 0 aliphatic heterocycles. The van der Waals surface area contributed by atoms with Crippen LogP contribution in [0.25, 0.3) is 0 Å². The second-order valence-corrected chi connectivity index (χ2v) is 4.00. The molecule has 104 valence electrons. The van der Waals surface area contributed by atoms with E-state index in [2.05, 4.69) is 5.32 Å². The maximum absolute atomic E-state index is 13.3. The molecule has 2 rings (SSSR count). The highest BCUT2D eigenvalue weighted by molar-refractivity contribution is 6.08. The van der Waals surface area contributed by atoms with E-state index in [1.165, 1.54) is 31.4 Å². The number of rotatable bonds is 3. The van der Waals surface area contributed by atoms with Gasteiger partial charge in [-0.15, -0.1) is 0 Å².